The van der Waals surface area contributed by atoms with Crippen molar-refractivity contribution in [2.45, 2.75) is 40.2 Å². The van der Waals surface area contributed by atoms with Crippen molar-refractivity contribution in [2.24, 2.45) is 16.9 Å². The van der Waals surface area contributed by atoms with E-state index in [1.807, 2.05) is 26.0 Å². The van der Waals surface area contributed by atoms with Crippen LogP contribution in [-0.2, 0) is 9.53 Å². The van der Waals surface area contributed by atoms with Crippen molar-refractivity contribution in [2.75, 3.05) is 6.54 Å². The molecule has 1 aliphatic rings. The molecule has 0 heterocycles. The van der Waals surface area contributed by atoms with E-state index in [-0.39, 0.29) is 5.41 Å². The summed E-state index contributed by atoms with van der Waals surface area (Å²) in [5, 5.41) is 2.72. The van der Waals surface area contributed by atoms with Crippen molar-refractivity contribution in [3.05, 3.63) is 47.2 Å². The molecule has 0 bridgehead atoms. The minimum absolute atomic E-state index is 0.291. The highest BCUT2D eigenvalue weighted by molar-refractivity contribution is 5.86. The second-order valence-corrected chi connectivity index (χ2v) is 7.33. The average Bonchev–Trinajstić information content (AvgIpc) is 2.48. The molecule has 0 fully saturated rings. The number of ether oxygens (including phenoxy) is 1. The monoisotopic (exact) mass is 333 g/mol. The average molecular weight is 333 g/mol. The highest BCUT2D eigenvalue weighted by atomic mass is 16.6. The second kappa shape index (κ2) is 7.38. The van der Waals surface area contributed by atoms with Gasteiger partial charge in [-0.2, -0.15) is 0 Å². The van der Waals surface area contributed by atoms with Gasteiger partial charge in [0, 0.05) is 23.7 Å². The number of carbonyl (C=O) groups excluding carboxylic acids is 2. The third-order valence-electron chi connectivity index (χ3n) is 3.02. The van der Waals surface area contributed by atoms with Crippen molar-refractivity contribution in [3.63, 3.8) is 0 Å². The molecule has 24 heavy (non-hydrogen) atoms. The zero-order chi connectivity index (χ0) is 18.5. The Morgan fingerprint density at radius 2 is 1.92 bits per heavy atom. The Morgan fingerprint density at radius 1 is 1.29 bits per heavy atom. The predicted octanol–water partition coefficient (Wildman–Crippen LogP) is 2.29. The molecule has 5 N–H and O–H groups in total. The van der Waals surface area contributed by atoms with Crippen LogP contribution in [0.3, 0.4) is 0 Å². The molecule has 2 amide bonds. The van der Waals surface area contributed by atoms with E-state index in [0.717, 1.165) is 5.57 Å². The molecular formula is C18H27N3O3. The van der Waals surface area contributed by atoms with Gasteiger partial charge in [-0.05, 0) is 44.1 Å². The van der Waals surface area contributed by atoms with Crippen molar-refractivity contribution < 1.29 is 14.3 Å². The Bertz CT molecular complexity index is 632. The molecule has 6 heteroatoms. The van der Waals surface area contributed by atoms with Crippen molar-refractivity contribution in [1.82, 2.24) is 5.32 Å². The SMILES string of the molecule is CC1(C)C=C(CNC(=O)OC(C)(C)C)C=C(N)C(/C=C/C(N)=O)=C1. The molecule has 1 rings (SSSR count). The number of nitrogens with one attached hydrogen (secondary N) is 1. The molecule has 0 atom stereocenters. The molecule has 6 nitrogen and oxygen atoms in total. The normalized spacial score (nSPS) is 17.5. The summed E-state index contributed by atoms with van der Waals surface area (Å²) in [7, 11) is 0. The van der Waals surface area contributed by atoms with Crippen molar-refractivity contribution >= 4 is 12.0 Å². The number of carbonyl (C=O) groups is 2. The smallest absolute Gasteiger partial charge is 0.407 e. The van der Waals surface area contributed by atoms with Gasteiger partial charge in [0.05, 0.1) is 0 Å². The first-order chi connectivity index (χ1) is 10.9. The number of alkyl carbamates (subject to hydrolysis) is 1. The van der Waals surface area contributed by atoms with E-state index in [1.54, 1.807) is 32.9 Å². The van der Waals surface area contributed by atoms with E-state index in [4.69, 9.17) is 16.2 Å². The van der Waals surface area contributed by atoms with Crippen LogP contribution in [-0.4, -0.2) is 24.1 Å². The van der Waals surface area contributed by atoms with Gasteiger partial charge in [-0.15, -0.1) is 0 Å². The van der Waals surface area contributed by atoms with Crippen LogP contribution in [0.25, 0.3) is 0 Å². The van der Waals surface area contributed by atoms with Gasteiger partial charge in [-0.25, -0.2) is 4.79 Å². The summed E-state index contributed by atoms with van der Waals surface area (Å²) < 4.78 is 5.22. The summed E-state index contributed by atoms with van der Waals surface area (Å²) in [6.45, 7) is 9.72. The van der Waals surface area contributed by atoms with Gasteiger partial charge in [-0.3, -0.25) is 4.79 Å². The van der Waals surface area contributed by atoms with Crippen LogP contribution in [0.5, 0.6) is 0 Å². The summed E-state index contributed by atoms with van der Waals surface area (Å²) in [6.07, 6.45) is 8.09. The molecule has 0 aromatic rings. The number of hydrogen-bond donors (Lipinski definition) is 3. The highest BCUT2D eigenvalue weighted by Gasteiger charge is 2.19. The number of hydrogen-bond acceptors (Lipinski definition) is 4. The fourth-order valence-electron chi connectivity index (χ4n) is 2.24. The van der Waals surface area contributed by atoms with Crippen LogP contribution in [0.15, 0.2) is 47.2 Å². The Balaban J connectivity index is 2.89. The van der Waals surface area contributed by atoms with Crippen LogP contribution >= 0.6 is 0 Å². The molecule has 0 saturated carbocycles. The van der Waals surface area contributed by atoms with E-state index in [1.165, 1.54) is 6.08 Å². The first-order valence-corrected chi connectivity index (χ1v) is 7.74. The van der Waals surface area contributed by atoms with Gasteiger partial charge in [0.15, 0.2) is 0 Å². The lowest BCUT2D eigenvalue weighted by atomic mass is 9.89. The molecule has 0 saturated heterocycles. The number of amides is 2. The first-order valence-electron chi connectivity index (χ1n) is 7.74. The molecule has 0 aliphatic heterocycles. The summed E-state index contributed by atoms with van der Waals surface area (Å²) >= 11 is 0. The van der Waals surface area contributed by atoms with Crippen LogP contribution in [0.1, 0.15) is 34.6 Å². The maximum atomic E-state index is 11.8. The molecule has 0 radical (unpaired) electrons. The Hall–Kier alpha value is -2.50. The topological polar surface area (TPSA) is 107 Å². The Kier molecular flexibility index (Phi) is 6.01. The van der Waals surface area contributed by atoms with E-state index >= 15 is 0 Å². The second-order valence-electron chi connectivity index (χ2n) is 7.33. The molecule has 132 valence electrons. The van der Waals surface area contributed by atoms with Gasteiger partial charge in [-0.1, -0.05) is 26.0 Å². The lowest BCUT2D eigenvalue weighted by Gasteiger charge is -2.20. The van der Waals surface area contributed by atoms with Gasteiger partial charge < -0.3 is 21.5 Å². The molecule has 0 aromatic heterocycles. The third kappa shape index (κ3) is 7.17. The van der Waals surface area contributed by atoms with Crippen molar-refractivity contribution in [3.8, 4) is 0 Å². The zero-order valence-electron chi connectivity index (χ0n) is 15.0. The fourth-order valence-corrected chi connectivity index (χ4v) is 2.24. The van der Waals surface area contributed by atoms with Crippen LogP contribution in [0, 0.1) is 5.41 Å². The summed E-state index contributed by atoms with van der Waals surface area (Å²) in [6, 6.07) is 0. The van der Waals surface area contributed by atoms with Gasteiger partial charge in [0.2, 0.25) is 5.91 Å². The van der Waals surface area contributed by atoms with Gasteiger partial charge in [0.1, 0.15) is 5.60 Å². The quantitative estimate of drug-likeness (QED) is 0.686. The molecule has 0 unspecified atom stereocenters. The lowest BCUT2D eigenvalue weighted by Crippen LogP contribution is -2.33. The zero-order valence-corrected chi connectivity index (χ0v) is 15.0. The van der Waals surface area contributed by atoms with E-state index < -0.39 is 17.6 Å². The minimum Gasteiger partial charge on any atom is -0.444 e. The molecule has 1 aliphatic carbocycles. The van der Waals surface area contributed by atoms with Crippen LogP contribution in [0.2, 0.25) is 0 Å². The molecule has 0 aromatic carbocycles. The first kappa shape index (κ1) is 19.5. The summed E-state index contributed by atoms with van der Waals surface area (Å²) in [4.78, 5) is 22.7. The van der Waals surface area contributed by atoms with E-state index in [9.17, 15) is 9.59 Å². The maximum Gasteiger partial charge on any atom is 0.407 e. The van der Waals surface area contributed by atoms with E-state index in [0.29, 0.717) is 17.8 Å². The Morgan fingerprint density at radius 3 is 2.46 bits per heavy atom. The fraction of sp³-hybridized carbons (Fsp3) is 0.444. The number of allylic oxidation sites excluding steroid dienone is 3. The minimum atomic E-state index is -0.551. The largest absolute Gasteiger partial charge is 0.444 e. The Labute approximate surface area is 143 Å². The van der Waals surface area contributed by atoms with Crippen molar-refractivity contribution in [1.29, 1.82) is 0 Å². The highest BCUT2D eigenvalue weighted by Crippen LogP contribution is 2.29. The predicted molar refractivity (Wildman–Crippen MR) is 94.8 cm³/mol. The van der Waals surface area contributed by atoms with Gasteiger partial charge in [0.25, 0.3) is 0 Å². The number of nitrogens with two attached hydrogens (primary N) is 2. The van der Waals surface area contributed by atoms with E-state index in [2.05, 4.69) is 5.32 Å². The van der Waals surface area contributed by atoms with Crippen LogP contribution < -0.4 is 16.8 Å². The third-order valence-corrected chi connectivity index (χ3v) is 3.02. The maximum absolute atomic E-state index is 11.8. The number of rotatable bonds is 4. The lowest BCUT2D eigenvalue weighted by molar-refractivity contribution is -0.113. The molecule has 0 spiro atoms. The summed E-state index contributed by atoms with van der Waals surface area (Å²) in [5.74, 6) is -0.537. The number of primary amides is 1. The van der Waals surface area contributed by atoms with Crippen LogP contribution in [0.4, 0.5) is 4.79 Å². The standard InChI is InChI=1S/C18H27N3O3/c1-17(2,3)24-16(23)21-11-12-8-14(19)13(6-7-15(20)22)10-18(4,5)9-12/h6-10H,11,19H2,1-5H3,(H2,20,22)(H,21,23)/b7-6+. The molecular weight excluding hydrogens is 306 g/mol. The van der Waals surface area contributed by atoms with Gasteiger partial charge >= 0.3 is 6.09 Å². The summed E-state index contributed by atoms with van der Waals surface area (Å²) in [5.41, 5.74) is 12.4.